The van der Waals surface area contributed by atoms with E-state index in [1.54, 1.807) is 11.8 Å². The average Bonchev–Trinajstić information content (AvgIpc) is 2.71. The van der Waals surface area contributed by atoms with E-state index < -0.39 is 0 Å². The molecule has 1 heterocycles. The van der Waals surface area contributed by atoms with Crippen molar-refractivity contribution < 1.29 is 0 Å². The maximum atomic E-state index is 6.29. The van der Waals surface area contributed by atoms with Crippen molar-refractivity contribution in [1.29, 1.82) is 0 Å². The summed E-state index contributed by atoms with van der Waals surface area (Å²) in [7, 11) is 1.91. The maximum absolute atomic E-state index is 6.29. The molecule has 0 spiro atoms. The molecule has 0 fully saturated rings. The van der Waals surface area contributed by atoms with Crippen LogP contribution in [0.15, 0.2) is 29.2 Å². The third-order valence-electron chi connectivity index (χ3n) is 3.41. The molecule has 0 aliphatic heterocycles. The molecule has 0 bridgehead atoms. The Kier molecular flexibility index (Phi) is 5.70. The number of halogens is 1. The van der Waals surface area contributed by atoms with Crippen LogP contribution in [0.5, 0.6) is 0 Å². The van der Waals surface area contributed by atoms with Gasteiger partial charge in [-0.1, -0.05) is 29.3 Å². The Labute approximate surface area is 135 Å². The predicted octanol–water partition coefficient (Wildman–Crippen LogP) is 2.86. The molecule has 1 aromatic carbocycles. The van der Waals surface area contributed by atoms with Crippen LogP contribution in [0.25, 0.3) is 0 Å². The number of benzene rings is 1. The lowest BCUT2D eigenvalue weighted by atomic mass is 10.2. The van der Waals surface area contributed by atoms with E-state index in [-0.39, 0.29) is 6.04 Å². The summed E-state index contributed by atoms with van der Waals surface area (Å²) in [4.78, 5) is 1.24. The van der Waals surface area contributed by atoms with Crippen molar-refractivity contribution in [1.82, 2.24) is 15.2 Å². The number of aromatic nitrogens is 2. The first-order valence-electron chi connectivity index (χ1n) is 6.84. The average molecular weight is 325 g/mol. The first kappa shape index (κ1) is 16.4. The molecule has 114 valence electrons. The number of hydrazine groups is 1. The summed E-state index contributed by atoms with van der Waals surface area (Å²) in [6.45, 7) is 4.00. The van der Waals surface area contributed by atoms with Crippen LogP contribution in [-0.4, -0.2) is 21.6 Å². The number of thioether (sulfide) groups is 1. The summed E-state index contributed by atoms with van der Waals surface area (Å²) in [6, 6.07) is 8.65. The number of nitrogens with two attached hydrogens (primary N) is 1. The molecule has 1 aromatic heterocycles. The van der Waals surface area contributed by atoms with E-state index in [9.17, 15) is 0 Å². The SMILES string of the molecule is Cc1ccc(SCC(Cc2c(Cl)c(C)nn2C)NN)cc1. The summed E-state index contributed by atoms with van der Waals surface area (Å²) in [5, 5.41) is 5.07. The molecule has 2 aromatic rings. The first-order chi connectivity index (χ1) is 10.0. The Bertz CT molecular complexity index is 594. The fourth-order valence-electron chi connectivity index (χ4n) is 2.13. The van der Waals surface area contributed by atoms with Crippen molar-refractivity contribution >= 4 is 23.4 Å². The zero-order valence-electron chi connectivity index (χ0n) is 12.6. The zero-order valence-corrected chi connectivity index (χ0v) is 14.1. The fourth-order valence-corrected chi connectivity index (χ4v) is 3.31. The zero-order chi connectivity index (χ0) is 15.4. The van der Waals surface area contributed by atoms with Crippen LogP contribution in [0, 0.1) is 13.8 Å². The Morgan fingerprint density at radius 2 is 2.00 bits per heavy atom. The maximum Gasteiger partial charge on any atom is 0.0847 e. The van der Waals surface area contributed by atoms with Gasteiger partial charge < -0.3 is 0 Å². The molecule has 1 atom stereocenters. The lowest BCUT2D eigenvalue weighted by Crippen LogP contribution is -2.39. The van der Waals surface area contributed by atoms with Crippen molar-refractivity contribution in [3.63, 3.8) is 0 Å². The minimum absolute atomic E-state index is 0.142. The second-order valence-corrected chi connectivity index (χ2v) is 6.63. The van der Waals surface area contributed by atoms with E-state index in [1.807, 2.05) is 18.7 Å². The summed E-state index contributed by atoms with van der Waals surface area (Å²) in [5.41, 5.74) is 6.02. The number of nitrogens with zero attached hydrogens (tertiary/aromatic N) is 2. The highest BCUT2D eigenvalue weighted by atomic mass is 35.5. The molecule has 0 saturated carbocycles. The lowest BCUT2D eigenvalue weighted by molar-refractivity contribution is 0.551. The first-order valence-corrected chi connectivity index (χ1v) is 8.21. The van der Waals surface area contributed by atoms with Crippen molar-refractivity contribution in [2.75, 3.05) is 5.75 Å². The Balaban J connectivity index is 1.98. The molecule has 0 saturated heterocycles. The van der Waals surface area contributed by atoms with Crippen LogP contribution in [0.4, 0.5) is 0 Å². The van der Waals surface area contributed by atoms with Gasteiger partial charge in [-0.2, -0.15) is 5.10 Å². The standard InChI is InChI=1S/C15H21ClN4S/c1-10-4-6-13(7-5-10)21-9-12(18-17)8-14-15(16)11(2)19-20(14)3/h4-7,12,18H,8-9,17H2,1-3H3. The van der Waals surface area contributed by atoms with Gasteiger partial charge in [-0.15, -0.1) is 11.8 Å². The molecule has 6 heteroatoms. The number of hydrogen-bond donors (Lipinski definition) is 2. The summed E-state index contributed by atoms with van der Waals surface area (Å²) in [6.07, 6.45) is 0.755. The minimum Gasteiger partial charge on any atom is -0.271 e. The number of rotatable bonds is 6. The van der Waals surface area contributed by atoms with Gasteiger partial charge in [0.2, 0.25) is 0 Å². The highest BCUT2D eigenvalue weighted by Gasteiger charge is 2.16. The minimum atomic E-state index is 0.142. The van der Waals surface area contributed by atoms with Crippen molar-refractivity contribution in [2.45, 2.75) is 31.2 Å². The Morgan fingerprint density at radius 3 is 2.52 bits per heavy atom. The summed E-state index contributed by atoms with van der Waals surface area (Å²) in [5.74, 6) is 6.55. The topological polar surface area (TPSA) is 55.9 Å². The molecule has 2 rings (SSSR count). The van der Waals surface area contributed by atoms with E-state index in [0.717, 1.165) is 28.6 Å². The van der Waals surface area contributed by atoms with Gasteiger partial charge in [-0.3, -0.25) is 16.0 Å². The summed E-state index contributed by atoms with van der Waals surface area (Å²) < 4.78 is 1.83. The molecule has 4 nitrogen and oxygen atoms in total. The molecule has 0 aliphatic rings. The normalized spacial score (nSPS) is 12.6. The lowest BCUT2D eigenvalue weighted by Gasteiger charge is -2.16. The third-order valence-corrected chi connectivity index (χ3v) is 5.08. The number of hydrogen-bond acceptors (Lipinski definition) is 4. The molecule has 21 heavy (non-hydrogen) atoms. The van der Waals surface area contributed by atoms with E-state index in [4.69, 9.17) is 17.4 Å². The number of nitrogens with one attached hydrogen (secondary N) is 1. The van der Waals surface area contributed by atoms with Crippen LogP contribution in [0.2, 0.25) is 5.02 Å². The molecular formula is C15H21ClN4S. The predicted molar refractivity (Wildman–Crippen MR) is 89.7 cm³/mol. The van der Waals surface area contributed by atoms with E-state index >= 15 is 0 Å². The molecule has 0 amide bonds. The van der Waals surface area contributed by atoms with E-state index in [1.165, 1.54) is 10.5 Å². The fraction of sp³-hybridized carbons (Fsp3) is 0.400. The summed E-state index contributed by atoms with van der Waals surface area (Å²) >= 11 is 8.08. The van der Waals surface area contributed by atoms with Gasteiger partial charge in [0.25, 0.3) is 0 Å². The smallest absolute Gasteiger partial charge is 0.0847 e. The molecule has 1 unspecified atom stereocenters. The Morgan fingerprint density at radius 1 is 1.33 bits per heavy atom. The van der Waals surface area contributed by atoms with Crippen LogP contribution in [0.3, 0.4) is 0 Å². The van der Waals surface area contributed by atoms with E-state index in [0.29, 0.717) is 0 Å². The highest BCUT2D eigenvalue weighted by molar-refractivity contribution is 7.99. The second kappa shape index (κ2) is 7.31. The van der Waals surface area contributed by atoms with Crippen LogP contribution in [-0.2, 0) is 13.5 Å². The van der Waals surface area contributed by atoms with Gasteiger partial charge >= 0.3 is 0 Å². The Hall–Kier alpha value is -1.01. The van der Waals surface area contributed by atoms with Crippen LogP contribution < -0.4 is 11.3 Å². The van der Waals surface area contributed by atoms with Gasteiger partial charge in [0, 0.05) is 30.2 Å². The van der Waals surface area contributed by atoms with Gasteiger partial charge in [0.1, 0.15) is 0 Å². The monoisotopic (exact) mass is 324 g/mol. The van der Waals surface area contributed by atoms with Crippen LogP contribution in [0.1, 0.15) is 17.0 Å². The molecule has 0 aliphatic carbocycles. The van der Waals surface area contributed by atoms with Crippen LogP contribution >= 0.6 is 23.4 Å². The largest absolute Gasteiger partial charge is 0.271 e. The molecular weight excluding hydrogens is 304 g/mol. The number of aryl methyl sites for hydroxylation is 3. The van der Waals surface area contributed by atoms with Gasteiger partial charge in [-0.05, 0) is 26.0 Å². The van der Waals surface area contributed by atoms with Gasteiger partial charge in [-0.25, -0.2) is 0 Å². The van der Waals surface area contributed by atoms with Gasteiger partial charge in [0.05, 0.1) is 16.4 Å². The molecule has 3 N–H and O–H groups in total. The second-order valence-electron chi connectivity index (χ2n) is 5.16. The molecule has 0 radical (unpaired) electrons. The van der Waals surface area contributed by atoms with Crippen molar-refractivity contribution in [3.05, 3.63) is 46.2 Å². The highest BCUT2D eigenvalue weighted by Crippen LogP contribution is 2.23. The quantitative estimate of drug-likeness (QED) is 0.487. The van der Waals surface area contributed by atoms with Crippen molar-refractivity contribution in [2.24, 2.45) is 12.9 Å². The van der Waals surface area contributed by atoms with Gasteiger partial charge in [0.15, 0.2) is 0 Å². The van der Waals surface area contributed by atoms with Crippen molar-refractivity contribution in [3.8, 4) is 0 Å². The third kappa shape index (κ3) is 4.23. The van der Waals surface area contributed by atoms with E-state index in [2.05, 4.69) is 41.7 Å².